The van der Waals surface area contributed by atoms with Crippen molar-refractivity contribution < 1.29 is 23.9 Å². The summed E-state index contributed by atoms with van der Waals surface area (Å²) in [5, 5.41) is 2.58. The second-order valence-corrected chi connectivity index (χ2v) is 9.14. The molecular formula is C24H43NO5. The Kier molecular flexibility index (Phi) is 13.4. The molecule has 1 N–H and O–H groups in total. The Hall–Kier alpha value is -1.59. The Morgan fingerprint density at radius 1 is 1.10 bits per heavy atom. The van der Waals surface area contributed by atoms with Crippen LogP contribution >= 0.6 is 0 Å². The Labute approximate surface area is 182 Å². The van der Waals surface area contributed by atoms with Crippen molar-refractivity contribution in [3.8, 4) is 0 Å². The van der Waals surface area contributed by atoms with Crippen LogP contribution in [0.3, 0.4) is 0 Å². The van der Waals surface area contributed by atoms with E-state index in [-0.39, 0.29) is 30.0 Å². The number of esters is 2. The van der Waals surface area contributed by atoms with Crippen LogP contribution in [0, 0.1) is 11.8 Å². The van der Waals surface area contributed by atoms with Crippen molar-refractivity contribution in [2.45, 2.75) is 123 Å². The van der Waals surface area contributed by atoms with Gasteiger partial charge in [-0.2, -0.15) is 0 Å². The molecule has 30 heavy (non-hydrogen) atoms. The highest BCUT2D eigenvalue weighted by Crippen LogP contribution is 2.28. The van der Waals surface area contributed by atoms with Gasteiger partial charge < -0.3 is 14.8 Å². The van der Waals surface area contributed by atoms with Crippen molar-refractivity contribution >= 4 is 18.3 Å². The number of carbonyl (C=O) groups is 3. The van der Waals surface area contributed by atoms with Crippen LogP contribution in [-0.4, -0.2) is 36.6 Å². The van der Waals surface area contributed by atoms with Crippen molar-refractivity contribution in [1.82, 2.24) is 5.32 Å². The fourth-order valence-electron chi connectivity index (χ4n) is 3.89. The van der Waals surface area contributed by atoms with Gasteiger partial charge in [0.15, 0.2) is 0 Å². The average molecular weight is 426 g/mol. The lowest BCUT2D eigenvalue weighted by Crippen LogP contribution is -2.46. The van der Waals surface area contributed by atoms with Crippen LogP contribution in [0.25, 0.3) is 0 Å². The molecule has 0 aromatic rings. The SMILES string of the molecule is CCCCCCCCCCCC(C[C@@H]1OC(=O)[C@@H]1C)OC(=O)[C@H](CC(C)C)NC=O. The summed E-state index contributed by atoms with van der Waals surface area (Å²) in [6.07, 6.45) is 13.0. The Morgan fingerprint density at radius 3 is 2.20 bits per heavy atom. The average Bonchev–Trinajstić information content (AvgIpc) is 2.71. The molecule has 0 bridgehead atoms. The summed E-state index contributed by atoms with van der Waals surface area (Å²) in [5.41, 5.74) is 0. The van der Waals surface area contributed by atoms with Gasteiger partial charge in [0.1, 0.15) is 18.2 Å². The quantitative estimate of drug-likeness (QED) is 0.191. The van der Waals surface area contributed by atoms with Crippen LogP contribution in [0.15, 0.2) is 0 Å². The number of cyclic esters (lactones) is 1. The van der Waals surface area contributed by atoms with Crippen molar-refractivity contribution in [2.24, 2.45) is 11.8 Å². The van der Waals surface area contributed by atoms with Crippen LogP contribution in [0.2, 0.25) is 0 Å². The first-order chi connectivity index (χ1) is 14.4. The molecular weight excluding hydrogens is 382 g/mol. The highest BCUT2D eigenvalue weighted by atomic mass is 16.6. The number of hydrogen-bond acceptors (Lipinski definition) is 5. The van der Waals surface area contributed by atoms with Gasteiger partial charge in [-0.05, 0) is 32.1 Å². The van der Waals surface area contributed by atoms with Crippen molar-refractivity contribution in [3.63, 3.8) is 0 Å². The summed E-state index contributed by atoms with van der Waals surface area (Å²) in [6, 6.07) is -0.630. The molecule has 1 rings (SSSR count). The number of nitrogens with one attached hydrogen (secondary N) is 1. The van der Waals surface area contributed by atoms with Gasteiger partial charge in [-0.3, -0.25) is 9.59 Å². The lowest BCUT2D eigenvalue weighted by atomic mass is 9.92. The second kappa shape index (κ2) is 15.2. The first-order valence-electron chi connectivity index (χ1n) is 12.0. The van der Waals surface area contributed by atoms with Gasteiger partial charge in [-0.1, -0.05) is 72.1 Å². The molecule has 0 radical (unpaired) electrons. The zero-order valence-electron chi connectivity index (χ0n) is 19.5. The maximum Gasteiger partial charge on any atom is 0.328 e. The second-order valence-electron chi connectivity index (χ2n) is 9.14. The fourth-order valence-corrected chi connectivity index (χ4v) is 3.89. The normalized spacial score (nSPS) is 20.2. The monoisotopic (exact) mass is 425 g/mol. The van der Waals surface area contributed by atoms with E-state index < -0.39 is 12.0 Å². The van der Waals surface area contributed by atoms with E-state index in [0.29, 0.717) is 19.3 Å². The predicted octanol–water partition coefficient (Wildman–Crippen LogP) is 4.93. The standard InChI is InChI=1S/C24H43NO5/c1-5-6-7-8-9-10-11-12-13-14-20(16-22-19(4)23(27)30-22)29-24(28)21(25-17-26)15-18(2)3/h17-22H,5-16H2,1-4H3,(H,25,26)/t19-,20?,21+,22+/m1/s1. The molecule has 1 aliphatic heterocycles. The maximum atomic E-state index is 12.6. The number of ether oxygens (including phenoxy) is 2. The molecule has 1 amide bonds. The Balaban J connectivity index is 2.44. The molecule has 0 spiro atoms. The van der Waals surface area contributed by atoms with E-state index in [4.69, 9.17) is 9.47 Å². The summed E-state index contributed by atoms with van der Waals surface area (Å²) in [6.45, 7) is 8.09. The number of hydrogen-bond donors (Lipinski definition) is 1. The predicted molar refractivity (Wildman–Crippen MR) is 118 cm³/mol. The fraction of sp³-hybridized carbons (Fsp3) is 0.875. The minimum atomic E-state index is -0.630. The van der Waals surface area contributed by atoms with E-state index in [9.17, 15) is 14.4 Å². The van der Waals surface area contributed by atoms with E-state index in [2.05, 4.69) is 12.2 Å². The molecule has 6 heteroatoms. The smallest absolute Gasteiger partial charge is 0.328 e. The van der Waals surface area contributed by atoms with Gasteiger partial charge in [0.25, 0.3) is 0 Å². The Bertz CT molecular complexity index is 508. The minimum absolute atomic E-state index is 0.145. The summed E-state index contributed by atoms with van der Waals surface area (Å²) in [7, 11) is 0. The number of carbonyl (C=O) groups excluding carboxylic acids is 3. The van der Waals surface area contributed by atoms with E-state index in [0.717, 1.165) is 19.3 Å². The molecule has 6 nitrogen and oxygen atoms in total. The van der Waals surface area contributed by atoms with Crippen molar-refractivity contribution in [3.05, 3.63) is 0 Å². The molecule has 174 valence electrons. The van der Waals surface area contributed by atoms with E-state index in [1.807, 2.05) is 20.8 Å². The van der Waals surface area contributed by atoms with Crippen LogP contribution in [-0.2, 0) is 23.9 Å². The zero-order valence-corrected chi connectivity index (χ0v) is 19.5. The van der Waals surface area contributed by atoms with Crippen LogP contribution in [0.1, 0.15) is 105 Å². The largest absolute Gasteiger partial charge is 0.461 e. The van der Waals surface area contributed by atoms with Gasteiger partial charge in [0.2, 0.25) is 6.41 Å². The van der Waals surface area contributed by atoms with Gasteiger partial charge >= 0.3 is 11.9 Å². The summed E-state index contributed by atoms with van der Waals surface area (Å²) in [5.74, 6) is -0.462. The third-order valence-electron chi connectivity index (χ3n) is 5.87. The lowest BCUT2D eigenvalue weighted by Gasteiger charge is -2.35. The van der Waals surface area contributed by atoms with Gasteiger partial charge in [-0.15, -0.1) is 0 Å². The third-order valence-corrected chi connectivity index (χ3v) is 5.87. The molecule has 1 aliphatic rings. The molecule has 0 aromatic carbocycles. The number of rotatable bonds is 18. The topological polar surface area (TPSA) is 81.7 Å². The van der Waals surface area contributed by atoms with Crippen LogP contribution < -0.4 is 5.32 Å². The molecule has 1 fully saturated rings. The summed E-state index contributed by atoms with van der Waals surface area (Å²) in [4.78, 5) is 34.9. The van der Waals surface area contributed by atoms with Crippen LogP contribution in [0.5, 0.6) is 0 Å². The van der Waals surface area contributed by atoms with Gasteiger partial charge in [0.05, 0.1) is 5.92 Å². The third kappa shape index (κ3) is 10.4. The van der Waals surface area contributed by atoms with E-state index >= 15 is 0 Å². The van der Waals surface area contributed by atoms with E-state index in [1.165, 1.54) is 44.9 Å². The first-order valence-corrected chi connectivity index (χ1v) is 12.0. The minimum Gasteiger partial charge on any atom is -0.461 e. The number of amides is 1. The molecule has 1 saturated heterocycles. The summed E-state index contributed by atoms with van der Waals surface area (Å²) >= 11 is 0. The van der Waals surface area contributed by atoms with Crippen molar-refractivity contribution in [2.75, 3.05) is 0 Å². The van der Waals surface area contributed by atoms with E-state index in [1.54, 1.807) is 0 Å². The molecule has 0 aliphatic carbocycles. The zero-order chi connectivity index (χ0) is 22.4. The molecule has 4 atom stereocenters. The van der Waals surface area contributed by atoms with Gasteiger partial charge in [-0.25, -0.2) is 4.79 Å². The first kappa shape index (κ1) is 26.4. The summed E-state index contributed by atoms with van der Waals surface area (Å²) < 4.78 is 11.0. The number of unbranched alkanes of at least 4 members (excludes halogenated alkanes) is 8. The highest BCUT2D eigenvalue weighted by molar-refractivity contribution is 5.79. The molecule has 0 saturated carbocycles. The molecule has 1 unspecified atom stereocenters. The molecule has 1 heterocycles. The maximum absolute atomic E-state index is 12.6. The van der Waals surface area contributed by atoms with Gasteiger partial charge in [0, 0.05) is 6.42 Å². The highest BCUT2D eigenvalue weighted by Gasteiger charge is 2.40. The molecule has 0 aromatic heterocycles. The van der Waals surface area contributed by atoms with Crippen LogP contribution in [0.4, 0.5) is 0 Å². The lowest BCUT2D eigenvalue weighted by molar-refractivity contribution is -0.187. The Morgan fingerprint density at radius 2 is 1.70 bits per heavy atom. The van der Waals surface area contributed by atoms with Crippen molar-refractivity contribution in [1.29, 1.82) is 0 Å².